The number of aryl methyl sites for hydroxylation is 2. The third kappa shape index (κ3) is 9.18. The van der Waals surface area contributed by atoms with Crippen LogP contribution in [0.4, 0.5) is 4.79 Å². The molecular formula is C32H32N2O7. The van der Waals surface area contributed by atoms with Gasteiger partial charge in [0.25, 0.3) is 0 Å². The van der Waals surface area contributed by atoms with Gasteiger partial charge in [0.1, 0.15) is 30.4 Å². The van der Waals surface area contributed by atoms with Crippen molar-refractivity contribution in [3.8, 4) is 34.8 Å². The van der Waals surface area contributed by atoms with Gasteiger partial charge in [-0.3, -0.25) is 9.69 Å². The Kier molecular flexibility index (Phi) is 10.9. The zero-order chi connectivity index (χ0) is 29.8. The number of benzene rings is 3. The molecule has 212 valence electrons. The SMILES string of the molecule is COc1ccc(C)cc1.Cc1oc(-c2ccccc2)nc1C#CCOc1ccc([C@@H](C)N(CC(=O)O)C(=O)O)cc1. The first-order valence-corrected chi connectivity index (χ1v) is 12.7. The number of hydrogen-bond donors (Lipinski definition) is 2. The molecule has 1 aromatic heterocycles. The van der Waals surface area contributed by atoms with Crippen LogP contribution in [0.15, 0.2) is 83.3 Å². The molecule has 9 heteroatoms. The first-order chi connectivity index (χ1) is 19.7. The first kappa shape index (κ1) is 30.3. The monoisotopic (exact) mass is 556 g/mol. The van der Waals surface area contributed by atoms with E-state index in [1.165, 1.54) is 5.56 Å². The van der Waals surface area contributed by atoms with Crippen molar-refractivity contribution in [2.45, 2.75) is 26.8 Å². The molecule has 0 radical (unpaired) electrons. The number of methoxy groups -OCH3 is 1. The Labute approximate surface area is 239 Å². The second kappa shape index (κ2) is 14.8. The van der Waals surface area contributed by atoms with Crippen LogP contribution in [0, 0.1) is 25.7 Å². The quantitative estimate of drug-likeness (QED) is 0.246. The Morgan fingerprint density at radius 3 is 2.17 bits per heavy atom. The minimum atomic E-state index is -1.30. The summed E-state index contributed by atoms with van der Waals surface area (Å²) in [6, 6.07) is 23.7. The summed E-state index contributed by atoms with van der Waals surface area (Å²) >= 11 is 0. The zero-order valence-electron chi connectivity index (χ0n) is 23.3. The van der Waals surface area contributed by atoms with Crippen LogP contribution in [-0.4, -0.2) is 52.4 Å². The van der Waals surface area contributed by atoms with Crippen molar-refractivity contribution in [1.29, 1.82) is 0 Å². The van der Waals surface area contributed by atoms with E-state index in [1.54, 1.807) is 45.2 Å². The standard InChI is InChI=1S/C24H22N2O6.C8H10O/c1-16(26(24(29)30)15-22(27)28)18-10-12-20(13-11-18)31-14-6-9-21-17(2)32-23(25-21)19-7-4-3-5-8-19;1-7-3-5-8(9-2)6-4-7/h3-5,7-8,10-13,16H,14-15H2,1-2H3,(H,27,28)(H,29,30);3-6H,1-2H3/t16-;/m1./s1. The van der Waals surface area contributed by atoms with Gasteiger partial charge in [-0.15, -0.1) is 0 Å². The molecule has 1 amide bonds. The summed E-state index contributed by atoms with van der Waals surface area (Å²) in [6.45, 7) is 5.01. The van der Waals surface area contributed by atoms with Crippen molar-refractivity contribution in [2.75, 3.05) is 20.3 Å². The topological polar surface area (TPSA) is 122 Å². The predicted octanol–water partition coefficient (Wildman–Crippen LogP) is 6.21. The minimum absolute atomic E-state index is 0.127. The van der Waals surface area contributed by atoms with Gasteiger partial charge in [0.2, 0.25) is 5.89 Å². The Morgan fingerprint density at radius 2 is 1.59 bits per heavy atom. The van der Waals surface area contributed by atoms with Crippen LogP contribution in [0.25, 0.3) is 11.5 Å². The molecule has 1 heterocycles. The number of nitrogens with zero attached hydrogens (tertiary/aromatic N) is 2. The lowest BCUT2D eigenvalue weighted by Gasteiger charge is -2.25. The van der Waals surface area contributed by atoms with Crippen molar-refractivity contribution in [3.05, 3.63) is 101 Å². The Balaban J connectivity index is 0.000000436. The maximum atomic E-state index is 11.3. The molecule has 0 bridgehead atoms. The van der Waals surface area contributed by atoms with Crippen molar-refractivity contribution in [1.82, 2.24) is 9.88 Å². The van der Waals surface area contributed by atoms with Gasteiger partial charge in [0, 0.05) is 5.56 Å². The van der Waals surface area contributed by atoms with Gasteiger partial charge in [-0.05, 0) is 68.7 Å². The van der Waals surface area contributed by atoms with E-state index in [9.17, 15) is 14.7 Å². The number of aliphatic carboxylic acids is 1. The number of aromatic nitrogens is 1. The molecule has 2 N–H and O–H groups in total. The zero-order valence-corrected chi connectivity index (χ0v) is 23.3. The highest BCUT2D eigenvalue weighted by Crippen LogP contribution is 2.23. The molecule has 0 aliphatic carbocycles. The minimum Gasteiger partial charge on any atom is -0.497 e. The van der Waals surface area contributed by atoms with Crippen molar-refractivity contribution >= 4 is 12.1 Å². The number of ether oxygens (including phenoxy) is 2. The van der Waals surface area contributed by atoms with Gasteiger partial charge in [-0.2, -0.15) is 0 Å². The van der Waals surface area contributed by atoms with Gasteiger partial charge < -0.3 is 24.1 Å². The lowest BCUT2D eigenvalue weighted by atomic mass is 10.1. The Morgan fingerprint density at radius 1 is 0.951 bits per heavy atom. The summed E-state index contributed by atoms with van der Waals surface area (Å²) in [4.78, 5) is 27.5. The van der Waals surface area contributed by atoms with Gasteiger partial charge in [0.05, 0.1) is 13.2 Å². The number of carbonyl (C=O) groups is 2. The van der Waals surface area contributed by atoms with Gasteiger partial charge in [-0.1, -0.05) is 53.9 Å². The molecule has 1 atom stereocenters. The number of carboxylic acids is 1. The predicted molar refractivity (Wildman–Crippen MR) is 154 cm³/mol. The third-order valence-corrected chi connectivity index (χ3v) is 5.97. The van der Waals surface area contributed by atoms with Crippen molar-refractivity contribution in [2.24, 2.45) is 0 Å². The van der Waals surface area contributed by atoms with Crippen LogP contribution in [0.1, 0.15) is 35.5 Å². The number of hydrogen-bond acceptors (Lipinski definition) is 6. The summed E-state index contributed by atoms with van der Waals surface area (Å²) in [5, 5.41) is 18.1. The molecule has 3 aromatic carbocycles. The van der Waals surface area contributed by atoms with Crippen molar-refractivity contribution < 1.29 is 33.7 Å². The van der Waals surface area contributed by atoms with Crippen LogP contribution in [0.3, 0.4) is 0 Å². The highest BCUT2D eigenvalue weighted by Gasteiger charge is 2.23. The molecule has 0 aliphatic heterocycles. The highest BCUT2D eigenvalue weighted by molar-refractivity contribution is 5.76. The first-order valence-electron chi connectivity index (χ1n) is 12.7. The largest absolute Gasteiger partial charge is 0.497 e. The van der Waals surface area contributed by atoms with Gasteiger partial charge in [-0.25, -0.2) is 9.78 Å². The lowest BCUT2D eigenvalue weighted by molar-refractivity contribution is -0.138. The van der Waals surface area contributed by atoms with E-state index in [0.29, 0.717) is 28.7 Å². The smallest absolute Gasteiger partial charge is 0.408 e. The van der Waals surface area contributed by atoms with E-state index in [1.807, 2.05) is 54.6 Å². The van der Waals surface area contributed by atoms with Crippen LogP contribution >= 0.6 is 0 Å². The number of oxazole rings is 1. The lowest BCUT2D eigenvalue weighted by Crippen LogP contribution is -2.36. The van der Waals surface area contributed by atoms with E-state index < -0.39 is 24.6 Å². The van der Waals surface area contributed by atoms with Crippen LogP contribution < -0.4 is 9.47 Å². The fourth-order valence-corrected chi connectivity index (χ4v) is 3.67. The van der Waals surface area contributed by atoms with Crippen LogP contribution in [0.5, 0.6) is 11.5 Å². The maximum absolute atomic E-state index is 11.3. The van der Waals surface area contributed by atoms with E-state index >= 15 is 0 Å². The average Bonchev–Trinajstić information content (AvgIpc) is 3.35. The molecule has 0 spiro atoms. The molecule has 9 nitrogen and oxygen atoms in total. The van der Waals surface area contributed by atoms with Gasteiger partial charge >= 0.3 is 12.1 Å². The molecule has 0 saturated carbocycles. The molecule has 0 unspecified atom stereocenters. The summed E-state index contributed by atoms with van der Waals surface area (Å²) in [7, 11) is 1.67. The van der Waals surface area contributed by atoms with Crippen LogP contribution in [0.2, 0.25) is 0 Å². The van der Waals surface area contributed by atoms with Crippen LogP contribution in [-0.2, 0) is 4.79 Å². The number of carboxylic acid groups (broad SMARTS) is 2. The average molecular weight is 557 g/mol. The van der Waals surface area contributed by atoms with Crippen molar-refractivity contribution in [3.63, 3.8) is 0 Å². The maximum Gasteiger partial charge on any atom is 0.408 e. The van der Waals surface area contributed by atoms with Gasteiger partial charge in [0.15, 0.2) is 5.69 Å². The Hall–Kier alpha value is -5.23. The number of rotatable bonds is 8. The second-order valence-corrected chi connectivity index (χ2v) is 8.95. The molecule has 41 heavy (non-hydrogen) atoms. The fraction of sp³-hybridized carbons (Fsp3) is 0.219. The molecule has 0 fully saturated rings. The normalized spacial score (nSPS) is 10.7. The second-order valence-electron chi connectivity index (χ2n) is 8.95. The summed E-state index contributed by atoms with van der Waals surface area (Å²) < 4.78 is 16.3. The molecule has 0 aliphatic rings. The fourth-order valence-electron chi connectivity index (χ4n) is 3.67. The summed E-state index contributed by atoms with van der Waals surface area (Å²) in [5.74, 6) is 7.24. The molecular weight excluding hydrogens is 524 g/mol. The summed E-state index contributed by atoms with van der Waals surface area (Å²) in [6.07, 6.45) is -1.30. The van der Waals surface area contributed by atoms with E-state index in [4.69, 9.17) is 19.0 Å². The third-order valence-electron chi connectivity index (χ3n) is 5.97. The van der Waals surface area contributed by atoms with E-state index in [2.05, 4.69) is 23.7 Å². The number of amides is 1. The van der Waals surface area contributed by atoms with E-state index in [-0.39, 0.29) is 6.61 Å². The molecule has 4 rings (SSSR count). The highest BCUT2D eigenvalue weighted by atomic mass is 16.5. The Bertz CT molecular complexity index is 1490. The summed E-state index contributed by atoms with van der Waals surface area (Å²) in [5.41, 5.74) is 3.33. The van der Waals surface area contributed by atoms with E-state index in [0.717, 1.165) is 16.2 Å². The molecule has 4 aromatic rings. The molecule has 0 saturated heterocycles.